The van der Waals surface area contributed by atoms with Gasteiger partial charge in [0.25, 0.3) is 0 Å². The second kappa shape index (κ2) is 5.25. The van der Waals surface area contributed by atoms with E-state index in [1.165, 1.54) is 6.92 Å². The Morgan fingerprint density at radius 1 is 1.45 bits per heavy atom. The summed E-state index contributed by atoms with van der Waals surface area (Å²) < 4.78 is 27.5. The molecule has 0 aliphatic rings. The molecule has 0 radical (unpaired) electrons. The van der Waals surface area contributed by atoms with E-state index in [0.29, 0.717) is 10.1 Å². The zero-order valence-electron chi connectivity index (χ0n) is 10.5. The number of rotatable bonds is 4. The number of hydrogen-bond donors (Lipinski definition) is 2. The fraction of sp³-hybridized carbons (Fsp3) is 0.154. The second-order valence-corrected chi connectivity index (χ2v) is 6.77. The monoisotopic (exact) mass is 309 g/mol. The van der Waals surface area contributed by atoms with E-state index in [9.17, 15) is 18.3 Å². The van der Waals surface area contributed by atoms with Gasteiger partial charge in [0.15, 0.2) is 0 Å². The van der Waals surface area contributed by atoms with Gasteiger partial charge in [-0.05, 0) is 13.0 Å². The lowest BCUT2D eigenvalue weighted by atomic mass is 10.2. The Hall–Kier alpha value is -1.88. The Morgan fingerprint density at radius 3 is 2.70 bits per heavy atom. The van der Waals surface area contributed by atoms with Gasteiger partial charge in [-0.2, -0.15) is 4.72 Å². The van der Waals surface area contributed by atoms with Crippen LogP contribution < -0.4 is 4.72 Å². The molecule has 104 valence electrons. The Morgan fingerprint density at radius 2 is 2.10 bits per heavy atom. The summed E-state index contributed by atoms with van der Waals surface area (Å²) in [5.41, 5.74) is 0. The van der Waals surface area contributed by atoms with Gasteiger partial charge in [-0.1, -0.05) is 24.1 Å². The first-order valence-electron chi connectivity index (χ1n) is 5.60. The first-order chi connectivity index (χ1) is 9.36. The SMILES string of the molecule is C#CC(C)NS(=O)(=O)c1c(C(=O)O)sc2ccccc12. The van der Waals surface area contributed by atoms with Crippen molar-refractivity contribution in [3.8, 4) is 12.3 Å². The molecule has 1 heterocycles. The van der Waals surface area contributed by atoms with Gasteiger partial charge < -0.3 is 5.11 Å². The molecular formula is C13H11NO4S2. The van der Waals surface area contributed by atoms with Crippen LogP contribution in [0.4, 0.5) is 0 Å². The van der Waals surface area contributed by atoms with Crippen molar-refractivity contribution in [2.24, 2.45) is 0 Å². The molecule has 7 heteroatoms. The molecule has 1 aromatic carbocycles. The molecule has 0 bridgehead atoms. The molecule has 1 atom stereocenters. The van der Waals surface area contributed by atoms with Gasteiger partial charge in [0.2, 0.25) is 10.0 Å². The van der Waals surface area contributed by atoms with Crippen LogP contribution in [0.25, 0.3) is 10.1 Å². The summed E-state index contributed by atoms with van der Waals surface area (Å²) >= 11 is 0.923. The minimum Gasteiger partial charge on any atom is -0.477 e. The van der Waals surface area contributed by atoms with E-state index in [-0.39, 0.29) is 9.77 Å². The smallest absolute Gasteiger partial charge is 0.347 e. The Kier molecular flexibility index (Phi) is 3.81. The van der Waals surface area contributed by atoms with E-state index >= 15 is 0 Å². The number of thiophene rings is 1. The van der Waals surface area contributed by atoms with E-state index in [1.807, 2.05) is 0 Å². The van der Waals surface area contributed by atoms with Crippen LogP contribution in [0.2, 0.25) is 0 Å². The van der Waals surface area contributed by atoms with Crippen molar-refractivity contribution in [2.75, 3.05) is 0 Å². The van der Waals surface area contributed by atoms with Crippen LogP contribution >= 0.6 is 11.3 Å². The van der Waals surface area contributed by atoms with Crippen molar-refractivity contribution >= 4 is 37.4 Å². The summed E-state index contributed by atoms with van der Waals surface area (Å²) in [5, 5.41) is 9.58. The number of benzene rings is 1. The first-order valence-corrected chi connectivity index (χ1v) is 7.90. The molecule has 0 amide bonds. The molecule has 20 heavy (non-hydrogen) atoms. The summed E-state index contributed by atoms with van der Waals surface area (Å²) in [6.45, 7) is 1.51. The van der Waals surface area contributed by atoms with E-state index in [1.54, 1.807) is 24.3 Å². The number of carboxylic acid groups (broad SMARTS) is 1. The Bertz CT molecular complexity index is 814. The summed E-state index contributed by atoms with van der Waals surface area (Å²) in [4.78, 5) is 10.8. The standard InChI is InChI=1S/C13H11NO4S2/c1-3-8(2)14-20(17,18)12-9-6-4-5-7-10(9)19-11(12)13(15)16/h1,4-8,14H,2H3,(H,15,16). The number of fused-ring (bicyclic) bond motifs is 1. The summed E-state index contributed by atoms with van der Waals surface area (Å²) in [7, 11) is -3.99. The van der Waals surface area contributed by atoms with Crippen molar-refractivity contribution < 1.29 is 18.3 Å². The van der Waals surface area contributed by atoms with Crippen LogP contribution in [-0.4, -0.2) is 25.5 Å². The number of hydrogen-bond acceptors (Lipinski definition) is 4. The van der Waals surface area contributed by atoms with E-state index in [0.717, 1.165) is 11.3 Å². The van der Waals surface area contributed by atoms with Crippen molar-refractivity contribution in [3.05, 3.63) is 29.1 Å². The number of carbonyl (C=O) groups is 1. The van der Waals surface area contributed by atoms with Crippen LogP contribution in [-0.2, 0) is 10.0 Å². The highest BCUT2D eigenvalue weighted by Crippen LogP contribution is 2.34. The van der Waals surface area contributed by atoms with Gasteiger partial charge in [-0.3, -0.25) is 0 Å². The Balaban J connectivity index is 2.72. The number of nitrogens with one attached hydrogen (secondary N) is 1. The van der Waals surface area contributed by atoms with Gasteiger partial charge >= 0.3 is 5.97 Å². The molecule has 0 saturated carbocycles. The average molecular weight is 309 g/mol. The van der Waals surface area contributed by atoms with Crippen molar-refractivity contribution in [1.82, 2.24) is 4.72 Å². The molecule has 2 rings (SSSR count). The van der Waals surface area contributed by atoms with Crippen molar-refractivity contribution in [2.45, 2.75) is 17.9 Å². The van der Waals surface area contributed by atoms with Crippen LogP contribution in [0.15, 0.2) is 29.2 Å². The lowest BCUT2D eigenvalue weighted by Gasteiger charge is -2.09. The Labute approximate surface area is 120 Å². The minimum absolute atomic E-state index is 0.220. The number of terminal acetylenes is 1. The summed E-state index contributed by atoms with van der Waals surface area (Å²) in [6, 6.07) is 5.91. The van der Waals surface area contributed by atoms with Gasteiger partial charge in [-0.15, -0.1) is 17.8 Å². The molecule has 5 nitrogen and oxygen atoms in total. The lowest BCUT2D eigenvalue weighted by molar-refractivity contribution is 0.0698. The predicted molar refractivity (Wildman–Crippen MR) is 77.4 cm³/mol. The van der Waals surface area contributed by atoms with Gasteiger partial charge in [0, 0.05) is 10.1 Å². The quantitative estimate of drug-likeness (QED) is 0.845. The fourth-order valence-electron chi connectivity index (χ4n) is 1.76. The molecule has 2 N–H and O–H groups in total. The molecule has 1 unspecified atom stereocenters. The van der Waals surface area contributed by atoms with Crippen LogP contribution in [0.1, 0.15) is 16.6 Å². The van der Waals surface area contributed by atoms with Gasteiger partial charge in [0.05, 0.1) is 6.04 Å². The topological polar surface area (TPSA) is 83.5 Å². The molecular weight excluding hydrogens is 298 g/mol. The third kappa shape index (κ3) is 2.54. The van der Waals surface area contributed by atoms with Crippen molar-refractivity contribution in [3.63, 3.8) is 0 Å². The third-order valence-corrected chi connectivity index (χ3v) is 5.51. The second-order valence-electron chi connectivity index (χ2n) is 4.07. The van der Waals surface area contributed by atoms with E-state index in [2.05, 4.69) is 10.6 Å². The highest BCUT2D eigenvalue weighted by molar-refractivity contribution is 7.90. The maximum atomic E-state index is 12.3. The molecule has 0 spiro atoms. The van der Waals surface area contributed by atoms with Crippen molar-refractivity contribution in [1.29, 1.82) is 0 Å². The fourth-order valence-corrected chi connectivity index (χ4v) is 4.66. The molecule has 1 aromatic heterocycles. The third-order valence-electron chi connectivity index (χ3n) is 2.59. The van der Waals surface area contributed by atoms with Gasteiger partial charge in [-0.25, -0.2) is 13.2 Å². The number of aromatic carboxylic acids is 1. The highest BCUT2D eigenvalue weighted by Gasteiger charge is 2.28. The summed E-state index contributed by atoms with van der Waals surface area (Å²) in [5.74, 6) is 0.968. The minimum atomic E-state index is -3.99. The van der Waals surface area contributed by atoms with Crippen LogP contribution in [0.5, 0.6) is 0 Å². The van der Waals surface area contributed by atoms with Gasteiger partial charge in [0.1, 0.15) is 9.77 Å². The number of carboxylic acids is 1. The van der Waals surface area contributed by atoms with E-state index < -0.39 is 22.0 Å². The lowest BCUT2D eigenvalue weighted by Crippen LogP contribution is -2.32. The first kappa shape index (κ1) is 14.5. The summed E-state index contributed by atoms with van der Waals surface area (Å²) in [6.07, 6.45) is 5.15. The average Bonchev–Trinajstić information content (AvgIpc) is 2.78. The largest absolute Gasteiger partial charge is 0.477 e. The molecule has 0 saturated heterocycles. The van der Waals surface area contributed by atoms with E-state index in [4.69, 9.17) is 6.42 Å². The molecule has 0 fully saturated rings. The normalized spacial score (nSPS) is 13.0. The molecule has 2 aromatic rings. The maximum Gasteiger partial charge on any atom is 0.347 e. The number of sulfonamides is 1. The zero-order chi connectivity index (χ0) is 14.9. The molecule has 0 aliphatic heterocycles. The van der Waals surface area contributed by atoms with Crippen LogP contribution in [0, 0.1) is 12.3 Å². The predicted octanol–water partition coefficient (Wildman–Crippen LogP) is 1.90. The molecule has 0 aliphatic carbocycles. The maximum absolute atomic E-state index is 12.3. The highest BCUT2D eigenvalue weighted by atomic mass is 32.2. The van der Waals surface area contributed by atoms with Crippen LogP contribution in [0.3, 0.4) is 0 Å². The zero-order valence-corrected chi connectivity index (χ0v) is 12.1.